The molecule has 1 aliphatic carbocycles. The summed E-state index contributed by atoms with van der Waals surface area (Å²) < 4.78 is 0. The summed E-state index contributed by atoms with van der Waals surface area (Å²) in [5.74, 6) is 1.13. The van der Waals surface area contributed by atoms with Gasteiger partial charge < -0.3 is 15.5 Å². The molecule has 4 saturated heterocycles. The SMILES string of the molecule is CC[C@H]1[C@@H]2C[C@H]3[C@@H]4Nc5ccccc5[C@]45CC([C@@H]2[C@H]5O)N3[C@@H]1O. The van der Waals surface area contributed by atoms with E-state index < -0.39 is 0 Å². The van der Waals surface area contributed by atoms with Crippen molar-refractivity contribution in [2.45, 2.75) is 62.1 Å². The third-order valence-corrected chi connectivity index (χ3v) is 8.05. The highest BCUT2D eigenvalue weighted by Gasteiger charge is 2.75. The van der Waals surface area contributed by atoms with Gasteiger partial charge in [-0.2, -0.15) is 0 Å². The maximum absolute atomic E-state index is 11.5. The van der Waals surface area contributed by atoms with Crippen LogP contribution in [0.5, 0.6) is 0 Å². The number of anilines is 1. The summed E-state index contributed by atoms with van der Waals surface area (Å²) in [7, 11) is 0. The van der Waals surface area contributed by atoms with E-state index in [-0.39, 0.29) is 23.8 Å². The van der Waals surface area contributed by atoms with E-state index in [2.05, 4.69) is 41.4 Å². The van der Waals surface area contributed by atoms with Crippen molar-refractivity contribution in [1.29, 1.82) is 0 Å². The van der Waals surface area contributed by atoms with Gasteiger partial charge in [-0.25, -0.2) is 0 Å². The van der Waals surface area contributed by atoms with Crippen molar-refractivity contribution in [3.05, 3.63) is 29.8 Å². The minimum absolute atomic E-state index is 0.135. The lowest BCUT2D eigenvalue weighted by Gasteiger charge is -2.61. The molecular weight excluding hydrogens is 288 g/mol. The van der Waals surface area contributed by atoms with Crippen LogP contribution in [0.4, 0.5) is 5.69 Å². The fourth-order valence-electron chi connectivity index (χ4n) is 7.40. The van der Waals surface area contributed by atoms with Crippen molar-refractivity contribution in [2.75, 3.05) is 5.32 Å². The Balaban J connectivity index is 1.57. The third kappa shape index (κ3) is 1.20. The van der Waals surface area contributed by atoms with Gasteiger partial charge in [0.1, 0.15) is 6.23 Å². The summed E-state index contributed by atoms with van der Waals surface area (Å²) in [6.07, 6.45) is 2.52. The van der Waals surface area contributed by atoms with Crippen LogP contribution in [0.15, 0.2) is 24.3 Å². The number of aliphatic hydroxyl groups is 2. The van der Waals surface area contributed by atoms with Crippen LogP contribution in [0.2, 0.25) is 0 Å². The summed E-state index contributed by atoms with van der Waals surface area (Å²) in [4.78, 5) is 2.39. The Hall–Kier alpha value is -1.10. The minimum Gasteiger partial charge on any atom is -0.392 e. The highest BCUT2D eigenvalue weighted by atomic mass is 16.3. The van der Waals surface area contributed by atoms with Crippen molar-refractivity contribution in [3.8, 4) is 0 Å². The molecule has 122 valence electrons. The first-order chi connectivity index (χ1) is 11.2. The van der Waals surface area contributed by atoms with Crippen molar-refractivity contribution in [1.82, 2.24) is 4.90 Å². The first-order valence-electron chi connectivity index (χ1n) is 9.18. The van der Waals surface area contributed by atoms with Gasteiger partial charge in [-0.3, -0.25) is 4.90 Å². The molecule has 4 nitrogen and oxygen atoms in total. The van der Waals surface area contributed by atoms with Crippen LogP contribution in [-0.2, 0) is 5.41 Å². The molecule has 4 heteroatoms. The average Bonchev–Trinajstić information content (AvgIpc) is 3.02. The zero-order valence-corrected chi connectivity index (χ0v) is 13.4. The van der Waals surface area contributed by atoms with E-state index in [4.69, 9.17) is 0 Å². The molecule has 5 bridgehead atoms. The summed E-state index contributed by atoms with van der Waals surface area (Å²) in [5, 5.41) is 26.1. The summed E-state index contributed by atoms with van der Waals surface area (Å²) in [6.45, 7) is 2.18. The molecule has 1 aromatic rings. The number of piperidine rings is 4. The van der Waals surface area contributed by atoms with Crippen molar-refractivity contribution >= 4 is 5.69 Å². The fraction of sp³-hybridized carbons (Fsp3) is 0.684. The molecule has 0 amide bonds. The first-order valence-corrected chi connectivity index (χ1v) is 9.18. The molecule has 0 radical (unpaired) electrons. The number of benzene rings is 1. The number of hydrogen-bond donors (Lipinski definition) is 3. The lowest BCUT2D eigenvalue weighted by Crippen LogP contribution is -2.71. The normalized spacial score (nSPS) is 57.3. The smallest absolute Gasteiger partial charge is 0.111 e. The molecular formula is C19H24N2O2. The van der Waals surface area contributed by atoms with E-state index >= 15 is 0 Å². The Morgan fingerprint density at radius 2 is 2.09 bits per heavy atom. The van der Waals surface area contributed by atoms with Crippen molar-refractivity contribution in [3.63, 3.8) is 0 Å². The molecule has 1 saturated carbocycles. The second-order valence-corrected chi connectivity index (χ2v) is 8.40. The van der Waals surface area contributed by atoms with Crippen molar-refractivity contribution < 1.29 is 10.2 Å². The molecule has 1 aromatic carbocycles. The van der Waals surface area contributed by atoms with E-state index in [1.807, 2.05) is 0 Å². The van der Waals surface area contributed by atoms with Gasteiger partial charge in [-0.05, 0) is 36.8 Å². The number of nitrogens with one attached hydrogen (secondary N) is 1. The van der Waals surface area contributed by atoms with Gasteiger partial charge in [0.15, 0.2) is 0 Å². The molecule has 1 spiro atoms. The molecule has 2 unspecified atom stereocenters. The van der Waals surface area contributed by atoms with Crippen LogP contribution in [0.3, 0.4) is 0 Å². The van der Waals surface area contributed by atoms with Crippen LogP contribution in [0.25, 0.3) is 0 Å². The standard InChI is InChI=1S/C19H24N2O2/c1-2-9-10-7-13-16-19(11-5-3-4-6-12(11)20-16)8-14(15(10)17(19)22)21(13)18(9)23/h3-6,9-10,13-18,20,22-23H,2,7-8H2,1H3/t9-,10-,13-,14?,15+,16-,17+,18+,19+/m0/s1. The van der Waals surface area contributed by atoms with Crippen LogP contribution in [0, 0.1) is 17.8 Å². The van der Waals surface area contributed by atoms with E-state index in [9.17, 15) is 10.2 Å². The van der Waals surface area contributed by atoms with Crippen LogP contribution >= 0.6 is 0 Å². The number of para-hydroxylation sites is 1. The van der Waals surface area contributed by atoms with E-state index in [1.165, 1.54) is 11.3 Å². The topological polar surface area (TPSA) is 55.7 Å². The van der Waals surface area contributed by atoms with Gasteiger partial charge in [0.2, 0.25) is 0 Å². The Labute approximate surface area is 136 Å². The quantitative estimate of drug-likeness (QED) is 0.736. The highest BCUT2D eigenvalue weighted by Crippen LogP contribution is 2.67. The van der Waals surface area contributed by atoms with Crippen LogP contribution in [0.1, 0.15) is 31.7 Å². The second kappa shape index (κ2) is 3.93. The highest BCUT2D eigenvalue weighted by molar-refractivity contribution is 5.65. The van der Waals surface area contributed by atoms with Gasteiger partial charge in [0.25, 0.3) is 0 Å². The number of hydrogen-bond acceptors (Lipinski definition) is 4. The van der Waals surface area contributed by atoms with Crippen LogP contribution in [-0.4, -0.2) is 45.6 Å². The van der Waals surface area contributed by atoms with Crippen molar-refractivity contribution in [2.24, 2.45) is 17.8 Å². The lowest BCUT2D eigenvalue weighted by atomic mass is 9.63. The Bertz CT molecular complexity index is 694. The number of aliphatic hydroxyl groups excluding tert-OH is 2. The molecule has 23 heavy (non-hydrogen) atoms. The Kier molecular flexibility index (Phi) is 2.26. The summed E-state index contributed by atoms with van der Waals surface area (Å²) in [6, 6.07) is 9.50. The lowest BCUT2D eigenvalue weighted by molar-refractivity contribution is -0.210. The van der Waals surface area contributed by atoms with Gasteiger partial charge >= 0.3 is 0 Å². The average molecular weight is 312 g/mol. The van der Waals surface area contributed by atoms with Gasteiger partial charge in [0.05, 0.1) is 12.1 Å². The van der Waals surface area contributed by atoms with E-state index in [0.717, 1.165) is 19.3 Å². The fourth-order valence-corrected chi connectivity index (χ4v) is 7.40. The molecule has 0 aromatic heterocycles. The third-order valence-electron chi connectivity index (χ3n) is 8.05. The molecule has 3 N–H and O–H groups in total. The minimum atomic E-state index is -0.321. The van der Waals surface area contributed by atoms with Gasteiger partial charge in [0, 0.05) is 35.0 Å². The van der Waals surface area contributed by atoms with Crippen LogP contribution < -0.4 is 5.32 Å². The molecule has 5 aliphatic heterocycles. The molecule has 6 aliphatic rings. The zero-order valence-electron chi connectivity index (χ0n) is 13.4. The predicted octanol–water partition coefficient (Wildman–Crippen LogP) is 1.53. The molecule has 10 atom stereocenters. The molecule has 5 fully saturated rings. The van der Waals surface area contributed by atoms with E-state index in [1.54, 1.807) is 0 Å². The molecule has 7 rings (SSSR count). The predicted molar refractivity (Wildman–Crippen MR) is 87.0 cm³/mol. The van der Waals surface area contributed by atoms with Gasteiger partial charge in [-0.1, -0.05) is 25.1 Å². The zero-order chi connectivity index (χ0) is 15.5. The largest absolute Gasteiger partial charge is 0.392 e. The first kappa shape index (κ1) is 13.2. The summed E-state index contributed by atoms with van der Waals surface area (Å²) in [5.41, 5.74) is 2.38. The maximum Gasteiger partial charge on any atom is 0.111 e. The number of nitrogens with zero attached hydrogens (tertiary/aromatic N) is 1. The Morgan fingerprint density at radius 1 is 1.26 bits per heavy atom. The second-order valence-electron chi connectivity index (χ2n) is 8.40. The monoisotopic (exact) mass is 312 g/mol. The Morgan fingerprint density at radius 3 is 2.91 bits per heavy atom. The number of fused-ring (bicyclic) bond motifs is 2. The van der Waals surface area contributed by atoms with Gasteiger partial charge in [-0.15, -0.1) is 0 Å². The summed E-state index contributed by atoms with van der Waals surface area (Å²) >= 11 is 0. The number of rotatable bonds is 1. The maximum atomic E-state index is 11.5. The molecule has 5 heterocycles. The van der Waals surface area contributed by atoms with E-state index in [0.29, 0.717) is 29.8 Å².